The van der Waals surface area contributed by atoms with Crippen LogP contribution in [0.4, 0.5) is 0 Å². The third-order valence-corrected chi connectivity index (χ3v) is 3.44. The monoisotopic (exact) mass is 204 g/mol. The summed E-state index contributed by atoms with van der Waals surface area (Å²) in [5.41, 5.74) is 8.50. The molecule has 82 valence electrons. The van der Waals surface area contributed by atoms with Crippen molar-refractivity contribution in [2.24, 2.45) is 5.73 Å². The lowest BCUT2D eigenvalue weighted by Gasteiger charge is -2.39. The molecule has 2 nitrogen and oxygen atoms in total. The van der Waals surface area contributed by atoms with Crippen LogP contribution in [0.3, 0.4) is 0 Å². The lowest BCUT2D eigenvalue weighted by Crippen LogP contribution is -2.47. The van der Waals surface area contributed by atoms with Crippen molar-refractivity contribution < 1.29 is 0 Å². The highest BCUT2D eigenvalue weighted by Crippen LogP contribution is 2.31. The molecule has 15 heavy (non-hydrogen) atoms. The molecule has 1 fully saturated rings. The molecule has 2 rings (SSSR count). The maximum atomic E-state index is 5.56. The maximum absolute atomic E-state index is 5.56. The van der Waals surface area contributed by atoms with E-state index >= 15 is 0 Å². The van der Waals surface area contributed by atoms with Crippen molar-refractivity contribution in [1.82, 2.24) is 5.32 Å². The van der Waals surface area contributed by atoms with Gasteiger partial charge in [0.15, 0.2) is 0 Å². The molecule has 0 heterocycles. The van der Waals surface area contributed by atoms with Gasteiger partial charge < -0.3 is 11.1 Å². The molecule has 1 saturated carbocycles. The zero-order chi connectivity index (χ0) is 10.7. The molecule has 0 saturated heterocycles. The Morgan fingerprint density at radius 3 is 2.27 bits per heavy atom. The molecule has 0 unspecified atom stereocenters. The fourth-order valence-electron chi connectivity index (χ4n) is 1.99. The second-order valence-electron chi connectivity index (χ2n) is 4.79. The number of rotatable bonds is 4. The first-order valence-electron chi connectivity index (χ1n) is 5.75. The van der Waals surface area contributed by atoms with Gasteiger partial charge in [0.05, 0.1) is 0 Å². The van der Waals surface area contributed by atoms with Crippen LogP contribution in [0, 0.1) is 0 Å². The first-order valence-corrected chi connectivity index (χ1v) is 5.75. The zero-order valence-electron chi connectivity index (χ0n) is 9.42. The van der Waals surface area contributed by atoms with Crippen LogP contribution in [-0.2, 0) is 13.1 Å². The van der Waals surface area contributed by atoms with Gasteiger partial charge in [0.25, 0.3) is 0 Å². The molecule has 1 aromatic rings. The van der Waals surface area contributed by atoms with Crippen LogP contribution in [0.25, 0.3) is 0 Å². The van der Waals surface area contributed by atoms with Gasteiger partial charge in [-0.3, -0.25) is 0 Å². The van der Waals surface area contributed by atoms with E-state index in [1.54, 1.807) is 0 Å². The van der Waals surface area contributed by atoms with Crippen LogP contribution in [0.15, 0.2) is 24.3 Å². The van der Waals surface area contributed by atoms with E-state index in [0.717, 1.165) is 6.54 Å². The Morgan fingerprint density at radius 1 is 1.20 bits per heavy atom. The van der Waals surface area contributed by atoms with Crippen LogP contribution in [-0.4, -0.2) is 5.54 Å². The standard InChI is InChI=1S/C13H20N2/c1-13(7-2-8-13)15-10-12-5-3-11(9-14)4-6-12/h3-6,15H,2,7-10,14H2,1H3. The van der Waals surface area contributed by atoms with Gasteiger partial charge in [-0.1, -0.05) is 24.3 Å². The Balaban J connectivity index is 1.87. The summed E-state index contributed by atoms with van der Waals surface area (Å²) in [6.07, 6.45) is 4.00. The minimum absolute atomic E-state index is 0.395. The van der Waals surface area contributed by atoms with Crippen molar-refractivity contribution in [3.8, 4) is 0 Å². The number of hydrogen-bond donors (Lipinski definition) is 2. The van der Waals surface area contributed by atoms with Gasteiger partial charge in [-0.25, -0.2) is 0 Å². The number of benzene rings is 1. The molecule has 1 aliphatic carbocycles. The van der Waals surface area contributed by atoms with Crippen LogP contribution in [0.1, 0.15) is 37.3 Å². The Kier molecular flexibility index (Phi) is 3.08. The van der Waals surface area contributed by atoms with E-state index in [2.05, 4.69) is 36.5 Å². The number of nitrogens with two attached hydrogens (primary N) is 1. The lowest BCUT2D eigenvalue weighted by atomic mass is 9.78. The summed E-state index contributed by atoms with van der Waals surface area (Å²) >= 11 is 0. The summed E-state index contributed by atoms with van der Waals surface area (Å²) < 4.78 is 0. The predicted molar refractivity (Wildman–Crippen MR) is 63.4 cm³/mol. The third kappa shape index (κ3) is 2.58. The van der Waals surface area contributed by atoms with Crippen molar-refractivity contribution in [3.05, 3.63) is 35.4 Å². The first kappa shape index (κ1) is 10.7. The zero-order valence-corrected chi connectivity index (χ0v) is 9.42. The van der Waals surface area contributed by atoms with Gasteiger partial charge in [-0.05, 0) is 37.3 Å². The van der Waals surface area contributed by atoms with E-state index in [9.17, 15) is 0 Å². The van der Waals surface area contributed by atoms with E-state index in [0.29, 0.717) is 12.1 Å². The summed E-state index contributed by atoms with van der Waals surface area (Å²) in [4.78, 5) is 0. The molecule has 0 amide bonds. The summed E-state index contributed by atoms with van der Waals surface area (Å²) in [5, 5.41) is 3.62. The van der Waals surface area contributed by atoms with Gasteiger partial charge in [0.2, 0.25) is 0 Å². The van der Waals surface area contributed by atoms with Crippen molar-refractivity contribution >= 4 is 0 Å². The fourth-order valence-corrected chi connectivity index (χ4v) is 1.99. The van der Waals surface area contributed by atoms with Crippen molar-refractivity contribution in [2.75, 3.05) is 0 Å². The summed E-state index contributed by atoms with van der Waals surface area (Å²) in [6.45, 7) is 3.91. The molecule has 0 spiro atoms. The van der Waals surface area contributed by atoms with Crippen LogP contribution < -0.4 is 11.1 Å². The minimum Gasteiger partial charge on any atom is -0.326 e. The highest BCUT2D eigenvalue weighted by molar-refractivity contribution is 5.22. The molecule has 3 N–H and O–H groups in total. The average Bonchev–Trinajstić information content (AvgIpc) is 2.24. The van der Waals surface area contributed by atoms with Crippen molar-refractivity contribution in [1.29, 1.82) is 0 Å². The van der Waals surface area contributed by atoms with E-state index < -0.39 is 0 Å². The Labute approximate surface area is 91.9 Å². The topological polar surface area (TPSA) is 38.0 Å². The molecule has 0 atom stereocenters. The van der Waals surface area contributed by atoms with Crippen LogP contribution in [0.2, 0.25) is 0 Å². The largest absolute Gasteiger partial charge is 0.326 e. The lowest BCUT2D eigenvalue weighted by molar-refractivity contribution is 0.207. The van der Waals surface area contributed by atoms with E-state index in [-0.39, 0.29) is 0 Å². The maximum Gasteiger partial charge on any atom is 0.0210 e. The molecule has 0 bridgehead atoms. The SMILES string of the molecule is CC1(NCc2ccc(CN)cc2)CCC1. The molecule has 0 radical (unpaired) electrons. The highest BCUT2D eigenvalue weighted by atomic mass is 15.0. The number of hydrogen-bond acceptors (Lipinski definition) is 2. The Hall–Kier alpha value is -0.860. The van der Waals surface area contributed by atoms with Crippen molar-refractivity contribution in [3.63, 3.8) is 0 Å². The quantitative estimate of drug-likeness (QED) is 0.789. The first-order chi connectivity index (χ1) is 7.22. The Morgan fingerprint density at radius 2 is 1.80 bits per heavy atom. The second kappa shape index (κ2) is 4.33. The predicted octanol–water partition coefficient (Wildman–Crippen LogP) is 2.18. The van der Waals surface area contributed by atoms with Gasteiger partial charge >= 0.3 is 0 Å². The van der Waals surface area contributed by atoms with Crippen LogP contribution >= 0.6 is 0 Å². The van der Waals surface area contributed by atoms with E-state index in [1.807, 2.05) is 0 Å². The molecule has 0 aliphatic heterocycles. The van der Waals surface area contributed by atoms with Crippen molar-refractivity contribution in [2.45, 2.75) is 44.8 Å². The van der Waals surface area contributed by atoms with Gasteiger partial charge in [-0.15, -0.1) is 0 Å². The summed E-state index contributed by atoms with van der Waals surface area (Å²) in [5.74, 6) is 0. The Bertz CT molecular complexity index is 312. The van der Waals surface area contributed by atoms with Gasteiger partial charge in [-0.2, -0.15) is 0 Å². The van der Waals surface area contributed by atoms with E-state index in [1.165, 1.54) is 30.4 Å². The molecular formula is C13H20N2. The third-order valence-electron chi connectivity index (χ3n) is 3.44. The molecule has 1 aromatic carbocycles. The minimum atomic E-state index is 0.395. The molecular weight excluding hydrogens is 184 g/mol. The van der Waals surface area contributed by atoms with Gasteiger partial charge in [0, 0.05) is 18.6 Å². The van der Waals surface area contributed by atoms with Gasteiger partial charge in [0.1, 0.15) is 0 Å². The molecule has 1 aliphatic rings. The summed E-state index contributed by atoms with van der Waals surface area (Å²) in [6, 6.07) is 8.55. The normalized spacial score (nSPS) is 18.5. The molecule has 2 heteroatoms. The second-order valence-corrected chi connectivity index (χ2v) is 4.79. The smallest absolute Gasteiger partial charge is 0.0210 e. The highest BCUT2D eigenvalue weighted by Gasteiger charge is 2.30. The number of nitrogens with one attached hydrogen (secondary N) is 1. The van der Waals surface area contributed by atoms with Crippen LogP contribution in [0.5, 0.6) is 0 Å². The summed E-state index contributed by atoms with van der Waals surface area (Å²) in [7, 11) is 0. The fraction of sp³-hybridized carbons (Fsp3) is 0.538. The average molecular weight is 204 g/mol. The van der Waals surface area contributed by atoms with E-state index in [4.69, 9.17) is 5.73 Å². The molecule has 0 aromatic heterocycles.